The van der Waals surface area contributed by atoms with Gasteiger partial charge in [0.05, 0.1) is 16.7 Å². The maximum absolute atomic E-state index is 12.9. The maximum atomic E-state index is 12.9. The average Bonchev–Trinajstić information content (AvgIpc) is 2.11. The van der Waals surface area contributed by atoms with Crippen molar-refractivity contribution in [2.24, 2.45) is 0 Å². The van der Waals surface area contributed by atoms with Crippen LogP contribution >= 0.6 is 11.6 Å². The van der Waals surface area contributed by atoms with Gasteiger partial charge in [-0.15, -0.1) is 0 Å². The van der Waals surface area contributed by atoms with Gasteiger partial charge in [-0.25, -0.2) is 4.39 Å². The van der Waals surface area contributed by atoms with Crippen molar-refractivity contribution in [2.45, 2.75) is 20.0 Å². The van der Waals surface area contributed by atoms with Crippen molar-refractivity contribution in [3.05, 3.63) is 28.5 Å². The van der Waals surface area contributed by atoms with Crippen LogP contribution in [-0.2, 0) is 0 Å². The SMILES string of the molecule is CC(C)Oc1ccc(F)c(Cl)c1C=O. The second-order valence-electron chi connectivity index (χ2n) is 3.06. The van der Waals surface area contributed by atoms with E-state index in [9.17, 15) is 9.18 Å². The molecule has 76 valence electrons. The summed E-state index contributed by atoms with van der Waals surface area (Å²) in [6, 6.07) is 2.57. The summed E-state index contributed by atoms with van der Waals surface area (Å²) >= 11 is 5.60. The minimum atomic E-state index is -0.620. The summed E-state index contributed by atoms with van der Waals surface area (Å²) in [5.74, 6) is -0.314. The topological polar surface area (TPSA) is 26.3 Å². The van der Waals surface area contributed by atoms with Gasteiger partial charge in [-0.05, 0) is 26.0 Å². The van der Waals surface area contributed by atoms with Crippen LogP contribution in [0.25, 0.3) is 0 Å². The van der Waals surface area contributed by atoms with E-state index in [4.69, 9.17) is 16.3 Å². The molecular weight excluding hydrogens is 207 g/mol. The Hall–Kier alpha value is -1.09. The van der Waals surface area contributed by atoms with E-state index >= 15 is 0 Å². The molecule has 1 rings (SSSR count). The molecule has 0 saturated heterocycles. The smallest absolute Gasteiger partial charge is 0.155 e. The molecule has 1 aromatic carbocycles. The zero-order valence-corrected chi connectivity index (χ0v) is 8.64. The van der Waals surface area contributed by atoms with Gasteiger partial charge in [0.2, 0.25) is 0 Å². The van der Waals surface area contributed by atoms with Gasteiger partial charge in [0, 0.05) is 0 Å². The van der Waals surface area contributed by atoms with Crippen molar-refractivity contribution in [1.82, 2.24) is 0 Å². The van der Waals surface area contributed by atoms with Gasteiger partial charge < -0.3 is 4.74 Å². The summed E-state index contributed by atoms with van der Waals surface area (Å²) in [7, 11) is 0. The molecule has 0 aliphatic heterocycles. The van der Waals surface area contributed by atoms with Crippen LogP contribution < -0.4 is 4.74 Å². The molecule has 1 aromatic rings. The minimum absolute atomic E-state index is 0.0559. The van der Waals surface area contributed by atoms with Crippen molar-refractivity contribution < 1.29 is 13.9 Å². The number of carbonyl (C=O) groups excluding carboxylic acids is 1. The average molecular weight is 217 g/mol. The zero-order chi connectivity index (χ0) is 10.7. The van der Waals surface area contributed by atoms with Gasteiger partial charge in [-0.3, -0.25) is 4.79 Å². The van der Waals surface area contributed by atoms with Gasteiger partial charge >= 0.3 is 0 Å². The van der Waals surface area contributed by atoms with E-state index in [0.29, 0.717) is 12.0 Å². The van der Waals surface area contributed by atoms with Crippen LogP contribution in [-0.4, -0.2) is 12.4 Å². The van der Waals surface area contributed by atoms with Crippen molar-refractivity contribution in [1.29, 1.82) is 0 Å². The Balaban J connectivity index is 3.17. The highest BCUT2D eigenvalue weighted by atomic mass is 35.5. The molecule has 0 spiro atoms. The lowest BCUT2D eigenvalue weighted by molar-refractivity contribution is 0.111. The van der Waals surface area contributed by atoms with Crippen LogP contribution in [0.15, 0.2) is 12.1 Å². The molecule has 0 fully saturated rings. The number of aldehydes is 1. The van der Waals surface area contributed by atoms with Crippen LogP contribution in [0.4, 0.5) is 4.39 Å². The number of hydrogen-bond acceptors (Lipinski definition) is 2. The first-order valence-electron chi connectivity index (χ1n) is 4.16. The Bertz CT molecular complexity index is 350. The Morgan fingerprint density at radius 3 is 2.64 bits per heavy atom. The van der Waals surface area contributed by atoms with Crippen LogP contribution in [0, 0.1) is 5.82 Å². The molecule has 0 N–H and O–H groups in total. The molecule has 0 saturated carbocycles. The molecule has 0 aromatic heterocycles. The lowest BCUT2D eigenvalue weighted by Gasteiger charge is -2.12. The quantitative estimate of drug-likeness (QED) is 0.726. The third-order valence-corrected chi connectivity index (χ3v) is 1.96. The number of hydrogen-bond donors (Lipinski definition) is 0. The van der Waals surface area contributed by atoms with E-state index in [-0.39, 0.29) is 16.7 Å². The first kappa shape index (κ1) is 11.0. The van der Waals surface area contributed by atoms with E-state index in [1.807, 2.05) is 13.8 Å². The Morgan fingerprint density at radius 1 is 1.50 bits per heavy atom. The monoisotopic (exact) mass is 216 g/mol. The van der Waals surface area contributed by atoms with E-state index in [1.165, 1.54) is 12.1 Å². The number of rotatable bonds is 3. The summed E-state index contributed by atoms with van der Waals surface area (Å²) in [4.78, 5) is 10.7. The first-order valence-corrected chi connectivity index (χ1v) is 4.54. The highest BCUT2D eigenvalue weighted by molar-refractivity contribution is 6.33. The molecule has 0 atom stereocenters. The third-order valence-electron chi connectivity index (χ3n) is 1.57. The van der Waals surface area contributed by atoms with Gasteiger partial charge in [-0.1, -0.05) is 11.6 Å². The summed E-state index contributed by atoms with van der Waals surface area (Å²) in [5, 5.41) is -0.196. The van der Waals surface area contributed by atoms with E-state index in [1.54, 1.807) is 0 Å². The maximum Gasteiger partial charge on any atom is 0.155 e. The van der Waals surface area contributed by atoms with Crippen LogP contribution in [0.1, 0.15) is 24.2 Å². The highest BCUT2D eigenvalue weighted by Gasteiger charge is 2.12. The molecule has 2 nitrogen and oxygen atoms in total. The molecule has 0 bridgehead atoms. The molecule has 0 aliphatic rings. The summed E-state index contributed by atoms with van der Waals surface area (Å²) in [6.45, 7) is 3.62. The van der Waals surface area contributed by atoms with Crippen molar-refractivity contribution in [2.75, 3.05) is 0 Å². The van der Waals surface area contributed by atoms with Gasteiger partial charge in [0.15, 0.2) is 6.29 Å². The molecule has 0 unspecified atom stereocenters. The number of benzene rings is 1. The van der Waals surface area contributed by atoms with Crippen LogP contribution in [0.5, 0.6) is 5.75 Å². The number of ether oxygens (including phenoxy) is 1. The summed E-state index contributed by atoms with van der Waals surface area (Å²) < 4.78 is 18.2. The second kappa shape index (κ2) is 4.42. The highest BCUT2D eigenvalue weighted by Crippen LogP contribution is 2.28. The standard InChI is InChI=1S/C10H10ClFO2/c1-6(2)14-9-4-3-8(12)10(11)7(9)5-13/h3-6H,1-2H3. The second-order valence-corrected chi connectivity index (χ2v) is 3.44. The largest absolute Gasteiger partial charge is 0.490 e. The first-order chi connectivity index (χ1) is 6.56. The van der Waals surface area contributed by atoms with Crippen LogP contribution in [0.2, 0.25) is 5.02 Å². The lowest BCUT2D eigenvalue weighted by atomic mass is 10.2. The normalized spacial score (nSPS) is 10.4. The fourth-order valence-corrected chi connectivity index (χ4v) is 1.22. The predicted molar refractivity (Wildman–Crippen MR) is 52.6 cm³/mol. The lowest BCUT2D eigenvalue weighted by Crippen LogP contribution is -2.07. The van der Waals surface area contributed by atoms with Crippen molar-refractivity contribution >= 4 is 17.9 Å². The van der Waals surface area contributed by atoms with Gasteiger partial charge in [0.1, 0.15) is 11.6 Å². The molecule has 0 aliphatic carbocycles. The predicted octanol–water partition coefficient (Wildman–Crippen LogP) is 3.08. The van der Waals surface area contributed by atoms with E-state index in [0.717, 1.165) is 0 Å². The molecule has 0 radical (unpaired) electrons. The summed E-state index contributed by atoms with van der Waals surface area (Å²) in [6.07, 6.45) is 0.401. The van der Waals surface area contributed by atoms with Crippen LogP contribution in [0.3, 0.4) is 0 Å². The zero-order valence-electron chi connectivity index (χ0n) is 7.88. The van der Waals surface area contributed by atoms with Gasteiger partial charge in [-0.2, -0.15) is 0 Å². The van der Waals surface area contributed by atoms with Crippen molar-refractivity contribution in [3.63, 3.8) is 0 Å². The van der Waals surface area contributed by atoms with E-state index in [2.05, 4.69) is 0 Å². The number of halogens is 2. The van der Waals surface area contributed by atoms with Crippen molar-refractivity contribution in [3.8, 4) is 5.75 Å². The minimum Gasteiger partial charge on any atom is -0.490 e. The summed E-state index contributed by atoms with van der Waals surface area (Å²) in [5.41, 5.74) is 0.0559. The molecular formula is C10H10ClFO2. The molecule has 0 amide bonds. The third kappa shape index (κ3) is 2.23. The molecule has 0 heterocycles. The Kier molecular flexibility index (Phi) is 3.47. The molecule has 4 heteroatoms. The Morgan fingerprint density at radius 2 is 2.14 bits per heavy atom. The Labute approximate surface area is 86.6 Å². The fraction of sp³-hybridized carbons (Fsp3) is 0.300. The van der Waals surface area contributed by atoms with Gasteiger partial charge in [0.25, 0.3) is 0 Å². The van der Waals surface area contributed by atoms with E-state index < -0.39 is 5.82 Å². The number of carbonyl (C=O) groups is 1. The fourth-order valence-electron chi connectivity index (χ4n) is 1.02. The molecule has 14 heavy (non-hydrogen) atoms.